The fourth-order valence-corrected chi connectivity index (χ4v) is 2.66. The van der Waals surface area contributed by atoms with Crippen LogP contribution in [0.2, 0.25) is 0 Å². The number of carboxylic acids is 1. The number of carbonyl (C=O) groups excluding carboxylic acids is 1. The molecule has 1 N–H and O–H groups in total. The molecule has 1 atom stereocenters. The summed E-state index contributed by atoms with van der Waals surface area (Å²) in [6.45, 7) is 5.85. The zero-order valence-electron chi connectivity index (χ0n) is 12.1. The molecule has 1 saturated heterocycles. The van der Waals surface area contributed by atoms with E-state index < -0.39 is 11.4 Å². The molecule has 110 valence electrons. The van der Waals surface area contributed by atoms with Gasteiger partial charge in [0.25, 0.3) is 0 Å². The van der Waals surface area contributed by atoms with Crippen LogP contribution in [0.5, 0.6) is 0 Å². The molecule has 1 rings (SSSR count). The number of piperidine rings is 1. The van der Waals surface area contributed by atoms with E-state index in [0.717, 1.165) is 25.9 Å². The summed E-state index contributed by atoms with van der Waals surface area (Å²) in [5, 5.41) is 8.84. The molecule has 5 heteroatoms. The topological polar surface area (TPSA) is 66.8 Å². The number of carboxylic acid groups (broad SMARTS) is 1. The van der Waals surface area contributed by atoms with Gasteiger partial charge in [0.2, 0.25) is 5.91 Å². The van der Waals surface area contributed by atoms with Gasteiger partial charge in [0.1, 0.15) is 0 Å². The lowest BCUT2D eigenvalue weighted by atomic mass is 9.84. The number of rotatable bonds is 6. The van der Waals surface area contributed by atoms with Crippen LogP contribution in [0.1, 0.15) is 39.5 Å². The Morgan fingerprint density at radius 2 is 2.05 bits per heavy atom. The smallest absolute Gasteiger partial charge is 0.303 e. The summed E-state index contributed by atoms with van der Waals surface area (Å²) >= 11 is 0. The summed E-state index contributed by atoms with van der Waals surface area (Å²) in [6, 6.07) is 0. The van der Waals surface area contributed by atoms with Gasteiger partial charge in [-0.05, 0) is 24.2 Å². The second-order valence-electron chi connectivity index (χ2n) is 6.21. The molecule has 0 saturated carbocycles. The Balaban J connectivity index is 2.50. The Hall–Kier alpha value is -1.10. The number of aliphatic carboxylic acids is 1. The molecule has 5 nitrogen and oxygen atoms in total. The number of hydrogen-bond donors (Lipinski definition) is 1. The van der Waals surface area contributed by atoms with Gasteiger partial charge in [-0.15, -0.1) is 0 Å². The lowest BCUT2D eigenvalue weighted by molar-refractivity contribution is -0.141. The van der Waals surface area contributed by atoms with Gasteiger partial charge < -0.3 is 14.7 Å². The van der Waals surface area contributed by atoms with Gasteiger partial charge >= 0.3 is 5.97 Å². The third kappa shape index (κ3) is 5.59. The normalized spacial score (nSPS) is 20.4. The Morgan fingerprint density at radius 3 is 2.63 bits per heavy atom. The van der Waals surface area contributed by atoms with Crippen LogP contribution in [-0.4, -0.2) is 48.7 Å². The first-order valence-electron chi connectivity index (χ1n) is 6.82. The van der Waals surface area contributed by atoms with Crippen molar-refractivity contribution in [2.45, 2.75) is 39.5 Å². The Bertz CT molecular complexity index is 325. The molecular weight excluding hydrogens is 246 g/mol. The van der Waals surface area contributed by atoms with Crippen molar-refractivity contribution in [1.82, 2.24) is 4.90 Å². The SMILES string of the molecule is COCC1CCCN(C(=O)CC(C)(C)CC(=O)O)C1. The van der Waals surface area contributed by atoms with Crippen molar-refractivity contribution in [2.24, 2.45) is 11.3 Å². The van der Waals surface area contributed by atoms with Crippen molar-refractivity contribution in [3.8, 4) is 0 Å². The minimum absolute atomic E-state index is 0.0219. The highest BCUT2D eigenvalue weighted by Crippen LogP contribution is 2.27. The number of amides is 1. The molecule has 1 fully saturated rings. The molecule has 0 bridgehead atoms. The fraction of sp³-hybridized carbons (Fsp3) is 0.857. The molecule has 0 aliphatic carbocycles. The molecular formula is C14H25NO4. The summed E-state index contributed by atoms with van der Waals surface area (Å²) in [5.74, 6) is -0.383. The van der Waals surface area contributed by atoms with E-state index in [9.17, 15) is 9.59 Å². The molecule has 0 radical (unpaired) electrons. The van der Waals surface area contributed by atoms with Crippen LogP contribution in [0.15, 0.2) is 0 Å². The first-order chi connectivity index (χ1) is 8.84. The maximum absolute atomic E-state index is 12.2. The molecule has 1 unspecified atom stereocenters. The summed E-state index contributed by atoms with van der Waals surface area (Å²) in [4.78, 5) is 24.9. The number of hydrogen-bond acceptors (Lipinski definition) is 3. The third-order valence-electron chi connectivity index (χ3n) is 3.53. The summed E-state index contributed by atoms with van der Waals surface area (Å²) in [6.07, 6.45) is 2.41. The van der Waals surface area contributed by atoms with Gasteiger partial charge in [-0.2, -0.15) is 0 Å². The monoisotopic (exact) mass is 271 g/mol. The van der Waals surface area contributed by atoms with E-state index in [-0.39, 0.29) is 12.3 Å². The van der Waals surface area contributed by atoms with Gasteiger partial charge in [-0.1, -0.05) is 13.8 Å². The summed E-state index contributed by atoms with van der Waals surface area (Å²) in [7, 11) is 1.68. The molecule has 0 spiro atoms. The predicted molar refractivity (Wildman–Crippen MR) is 71.8 cm³/mol. The van der Waals surface area contributed by atoms with E-state index in [0.29, 0.717) is 18.9 Å². The third-order valence-corrected chi connectivity index (χ3v) is 3.53. The Labute approximate surface area is 114 Å². The highest BCUT2D eigenvalue weighted by Gasteiger charge is 2.30. The molecule has 1 aliphatic heterocycles. The van der Waals surface area contributed by atoms with Crippen molar-refractivity contribution in [3.63, 3.8) is 0 Å². The molecule has 1 aliphatic rings. The number of carbonyl (C=O) groups is 2. The average molecular weight is 271 g/mol. The first-order valence-corrected chi connectivity index (χ1v) is 6.82. The van der Waals surface area contributed by atoms with Gasteiger partial charge in [-0.3, -0.25) is 9.59 Å². The van der Waals surface area contributed by atoms with Crippen LogP contribution in [0.4, 0.5) is 0 Å². The number of methoxy groups -OCH3 is 1. The van der Waals surface area contributed by atoms with Crippen molar-refractivity contribution < 1.29 is 19.4 Å². The van der Waals surface area contributed by atoms with Crippen LogP contribution in [0, 0.1) is 11.3 Å². The highest BCUT2D eigenvalue weighted by molar-refractivity contribution is 5.78. The Kier molecular flexibility index (Phi) is 5.79. The minimum Gasteiger partial charge on any atom is -0.481 e. The van der Waals surface area contributed by atoms with Crippen LogP contribution in [0.3, 0.4) is 0 Å². The van der Waals surface area contributed by atoms with Crippen LogP contribution < -0.4 is 0 Å². The molecule has 19 heavy (non-hydrogen) atoms. The largest absolute Gasteiger partial charge is 0.481 e. The zero-order chi connectivity index (χ0) is 14.5. The maximum Gasteiger partial charge on any atom is 0.303 e. The van der Waals surface area contributed by atoms with Crippen molar-refractivity contribution in [1.29, 1.82) is 0 Å². The van der Waals surface area contributed by atoms with E-state index in [1.54, 1.807) is 7.11 Å². The lowest BCUT2D eigenvalue weighted by Crippen LogP contribution is -2.42. The average Bonchev–Trinajstić information content (AvgIpc) is 2.27. The summed E-state index contributed by atoms with van der Waals surface area (Å²) in [5.41, 5.74) is -0.489. The van der Waals surface area contributed by atoms with Crippen LogP contribution in [-0.2, 0) is 14.3 Å². The first kappa shape index (κ1) is 16.0. The van der Waals surface area contributed by atoms with E-state index in [1.165, 1.54) is 0 Å². The quantitative estimate of drug-likeness (QED) is 0.799. The van der Waals surface area contributed by atoms with Crippen molar-refractivity contribution >= 4 is 11.9 Å². The second-order valence-corrected chi connectivity index (χ2v) is 6.21. The number of likely N-dealkylation sites (tertiary alicyclic amines) is 1. The lowest BCUT2D eigenvalue weighted by Gasteiger charge is -2.34. The van der Waals surface area contributed by atoms with Crippen molar-refractivity contribution in [3.05, 3.63) is 0 Å². The number of nitrogens with zero attached hydrogens (tertiary/aromatic N) is 1. The van der Waals surface area contributed by atoms with E-state index in [4.69, 9.17) is 9.84 Å². The highest BCUT2D eigenvalue weighted by atomic mass is 16.5. The predicted octanol–water partition coefficient (Wildman–Crippen LogP) is 1.76. The van der Waals surface area contributed by atoms with Gasteiger partial charge in [0, 0.05) is 26.6 Å². The van der Waals surface area contributed by atoms with Crippen LogP contribution >= 0.6 is 0 Å². The molecule has 0 aromatic heterocycles. The molecule has 1 amide bonds. The maximum atomic E-state index is 12.2. The van der Waals surface area contributed by atoms with E-state index >= 15 is 0 Å². The number of ether oxygens (including phenoxy) is 1. The summed E-state index contributed by atoms with van der Waals surface area (Å²) < 4.78 is 5.15. The molecule has 1 heterocycles. The fourth-order valence-electron chi connectivity index (χ4n) is 2.66. The second kappa shape index (κ2) is 6.89. The van der Waals surface area contributed by atoms with Crippen LogP contribution in [0.25, 0.3) is 0 Å². The Morgan fingerprint density at radius 1 is 1.37 bits per heavy atom. The van der Waals surface area contributed by atoms with E-state index in [1.807, 2.05) is 18.7 Å². The zero-order valence-corrected chi connectivity index (χ0v) is 12.1. The van der Waals surface area contributed by atoms with Gasteiger partial charge in [0.05, 0.1) is 13.0 Å². The molecule has 0 aromatic rings. The standard InChI is InChI=1S/C14H25NO4/c1-14(2,8-13(17)18)7-12(16)15-6-4-5-11(9-15)10-19-3/h11H,4-10H2,1-3H3,(H,17,18). The van der Waals surface area contributed by atoms with E-state index in [2.05, 4.69) is 0 Å². The minimum atomic E-state index is -0.853. The van der Waals surface area contributed by atoms with Gasteiger partial charge in [-0.25, -0.2) is 0 Å². The van der Waals surface area contributed by atoms with Crippen molar-refractivity contribution in [2.75, 3.05) is 26.8 Å². The molecule has 0 aromatic carbocycles. The van der Waals surface area contributed by atoms with Gasteiger partial charge in [0.15, 0.2) is 0 Å².